The van der Waals surface area contributed by atoms with E-state index in [0.29, 0.717) is 29.9 Å². The molecule has 0 unspecified atom stereocenters. The molecule has 0 fully saturated rings. The van der Waals surface area contributed by atoms with Crippen LogP contribution >= 0.6 is 0 Å². The number of ether oxygens (including phenoxy) is 2. The molecule has 0 radical (unpaired) electrons. The summed E-state index contributed by atoms with van der Waals surface area (Å²) in [5.41, 5.74) is 0.212. The topological polar surface area (TPSA) is 80.2 Å². The van der Waals surface area contributed by atoms with E-state index in [4.69, 9.17) is 14.6 Å². The van der Waals surface area contributed by atoms with Gasteiger partial charge in [-0.3, -0.25) is 4.79 Å². The van der Waals surface area contributed by atoms with E-state index in [1.54, 1.807) is 78.9 Å². The van der Waals surface area contributed by atoms with Crippen LogP contribution in [0, 0.1) is 0 Å². The molecule has 0 aromatic heterocycles. The van der Waals surface area contributed by atoms with E-state index < -0.39 is 30.3 Å². The van der Waals surface area contributed by atoms with Crippen molar-refractivity contribution in [3.63, 3.8) is 0 Å². The Hall–Kier alpha value is -3.85. The van der Waals surface area contributed by atoms with Crippen molar-refractivity contribution in [2.45, 2.75) is 30.7 Å². The number of aliphatic imine (C=N–C) groups is 1. The van der Waals surface area contributed by atoms with Crippen molar-refractivity contribution >= 4 is 11.8 Å². The van der Waals surface area contributed by atoms with Gasteiger partial charge in [0.25, 0.3) is 5.91 Å². The highest BCUT2D eigenvalue weighted by Gasteiger charge is 2.53. The number of alkyl halides is 3. The summed E-state index contributed by atoms with van der Waals surface area (Å²) in [7, 11) is 0. The molecule has 1 amide bonds. The average molecular weight is 513 g/mol. The molecule has 1 aliphatic heterocycles. The summed E-state index contributed by atoms with van der Waals surface area (Å²) >= 11 is 0. The Kier molecular flexibility index (Phi) is 8.13. The molecule has 1 aliphatic rings. The van der Waals surface area contributed by atoms with Crippen LogP contribution in [0.5, 0.6) is 5.75 Å². The Labute approximate surface area is 212 Å². The van der Waals surface area contributed by atoms with Gasteiger partial charge in [0.15, 0.2) is 11.6 Å². The lowest BCUT2D eigenvalue weighted by molar-refractivity contribution is -0.143. The third-order valence-corrected chi connectivity index (χ3v) is 5.90. The number of nitrogens with one attached hydrogen (secondary N) is 1. The first-order valence-electron chi connectivity index (χ1n) is 11.9. The van der Waals surface area contributed by atoms with Crippen molar-refractivity contribution in [2.24, 2.45) is 4.99 Å². The minimum absolute atomic E-state index is 0.0174. The van der Waals surface area contributed by atoms with E-state index in [1.165, 1.54) is 0 Å². The highest BCUT2D eigenvalue weighted by Crippen LogP contribution is 2.42. The largest absolute Gasteiger partial charge is 0.494 e. The summed E-state index contributed by atoms with van der Waals surface area (Å²) in [6.45, 7) is -1.11. The Morgan fingerprint density at radius 1 is 1.00 bits per heavy atom. The van der Waals surface area contributed by atoms with Crippen LogP contribution < -0.4 is 10.1 Å². The monoisotopic (exact) mass is 512 g/mol. The van der Waals surface area contributed by atoms with Crippen molar-refractivity contribution in [3.05, 3.63) is 102 Å². The molecule has 2 N–H and O–H groups in total. The predicted molar refractivity (Wildman–Crippen MR) is 132 cm³/mol. The van der Waals surface area contributed by atoms with Crippen LogP contribution in [-0.2, 0) is 16.0 Å². The van der Waals surface area contributed by atoms with Crippen LogP contribution in [0.2, 0.25) is 0 Å². The second kappa shape index (κ2) is 11.5. The normalized spacial score (nSPS) is 19.1. The number of benzene rings is 3. The maximum Gasteiger partial charge on any atom is 0.405 e. The van der Waals surface area contributed by atoms with Gasteiger partial charge in [0.05, 0.1) is 6.61 Å². The number of aliphatic hydroxyl groups excluding tert-OH is 1. The third-order valence-electron chi connectivity index (χ3n) is 5.90. The smallest absolute Gasteiger partial charge is 0.405 e. The fourth-order valence-electron chi connectivity index (χ4n) is 4.15. The number of amides is 1. The second-order valence-corrected chi connectivity index (χ2v) is 8.66. The number of nitrogens with zero attached hydrogens (tertiary/aromatic N) is 1. The van der Waals surface area contributed by atoms with E-state index in [2.05, 4.69) is 4.99 Å². The van der Waals surface area contributed by atoms with Gasteiger partial charge in [-0.15, -0.1) is 0 Å². The number of halogens is 3. The third kappa shape index (κ3) is 6.48. The van der Waals surface area contributed by atoms with E-state index in [-0.39, 0.29) is 18.9 Å². The quantitative estimate of drug-likeness (QED) is 0.389. The first kappa shape index (κ1) is 26.2. The van der Waals surface area contributed by atoms with Crippen LogP contribution in [0.15, 0.2) is 89.9 Å². The van der Waals surface area contributed by atoms with E-state index in [0.717, 1.165) is 5.56 Å². The fraction of sp³-hybridized carbons (Fsp3) is 0.286. The van der Waals surface area contributed by atoms with Gasteiger partial charge in [-0.1, -0.05) is 60.7 Å². The molecule has 0 aliphatic carbocycles. The van der Waals surface area contributed by atoms with E-state index >= 15 is 0 Å². The zero-order chi connectivity index (χ0) is 26.3. The molecule has 0 saturated carbocycles. The van der Waals surface area contributed by atoms with Crippen molar-refractivity contribution < 1.29 is 32.5 Å². The predicted octanol–water partition coefficient (Wildman–Crippen LogP) is 4.63. The second-order valence-electron chi connectivity index (χ2n) is 8.66. The van der Waals surface area contributed by atoms with Gasteiger partial charge in [-0.25, -0.2) is 4.99 Å². The average Bonchev–Trinajstić information content (AvgIpc) is 3.29. The number of carbonyl (C=O) groups excluding carboxylic acids is 1. The standard InChI is InChI=1S/C28H27F3N2O4/c29-28(30,31)19-32-26(35)27(18-20-8-3-1-4-9-20)24(21-10-5-2-6-11-21)37-25(33-27)22-12-14-23(15-13-22)36-17-7-16-34/h1-6,8-15,24,34H,7,16-19H2,(H,32,35)/t24-,27-/m1/s1. The van der Waals surface area contributed by atoms with Crippen molar-refractivity contribution in [3.8, 4) is 5.75 Å². The lowest BCUT2D eigenvalue weighted by Gasteiger charge is -2.31. The molecule has 6 nitrogen and oxygen atoms in total. The molecule has 0 saturated heterocycles. The van der Waals surface area contributed by atoms with Crippen LogP contribution in [-0.4, -0.2) is 48.4 Å². The molecule has 2 atom stereocenters. The summed E-state index contributed by atoms with van der Waals surface area (Å²) in [6.07, 6.45) is -5.02. The number of hydrogen-bond donors (Lipinski definition) is 2. The molecule has 3 aromatic carbocycles. The molecule has 194 valence electrons. The summed E-state index contributed by atoms with van der Waals surface area (Å²) in [6, 6.07) is 24.7. The van der Waals surface area contributed by atoms with Gasteiger partial charge >= 0.3 is 6.18 Å². The van der Waals surface area contributed by atoms with Gasteiger partial charge < -0.3 is 19.9 Å². The highest BCUT2D eigenvalue weighted by molar-refractivity contribution is 6.01. The minimum Gasteiger partial charge on any atom is -0.494 e. The summed E-state index contributed by atoms with van der Waals surface area (Å²) in [4.78, 5) is 18.2. The van der Waals surface area contributed by atoms with E-state index in [9.17, 15) is 18.0 Å². The molecule has 9 heteroatoms. The number of aliphatic hydroxyl groups is 1. The summed E-state index contributed by atoms with van der Waals surface area (Å²) in [5, 5.41) is 11.0. The van der Waals surface area contributed by atoms with E-state index in [1.807, 2.05) is 11.4 Å². The van der Waals surface area contributed by atoms with Crippen molar-refractivity contribution in [2.75, 3.05) is 19.8 Å². The summed E-state index contributed by atoms with van der Waals surface area (Å²) < 4.78 is 51.0. The molecule has 0 bridgehead atoms. The first-order chi connectivity index (χ1) is 17.8. The highest BCUT2D eigenvalue weighted by atomic mass is 19.4. The van der Waals surface area contributed by atoms with Crippen LogP contribution in [0.3, 0.4) is 0 Å². The van der Waals surface area contributed by atoms with Crippen LogP contribution in [0.1, 0.15) is 29.2 Å². The Morgan fingerprint density at radius 3 is 2.27 bits per heavy atom. The lowest BCUT2D eigenvalue weighted by Crippen LogP contribution is -2.51. The molecule has 1 heterocycles. The van der Waals surface area contributed by atoms with Crippen molar-refractivity contribution in [1.82, 2.24) is 5.32 Å². The molecule has 37 heavy (non-hydrogen) atoms. The van der Waals surface area contributed by atoms with Gasteiger partial charge in [0.2, 0.25) is 5.90 Å². The van der Waals surface area contributed by atoms with Gasteiger partial charge in [0, 0.05) is 25.0 Å². The molecule has 3 aromatic rings. The van der Waals surface area contributed by atoms with Crippen LogP contribution in [0.25, 0.3) is 0 Å². The SMILES string of the molecule is O=C(NCC(F)(F)F)[C@]1(Cc2ccccc2)N=C(c2ccc(OCCCO)cc2)O[C@@H]1c1ccccc1. The number of hydrogen-bond acceptors (Lipinski definition) is 5. The maximum absolute atomic E-state index is 13.5. The first-order valence-corrected chi connectivity index (χ1v) is 11.9. The zero-order valence-electron chi connectivity index (χ0n) is 19.9. The van der Waals surface area contributed by atoms with Gasteiger partial charge in [0.1, 0.15) is 12.3 Å². The Bertz CT molecular complexity index is 1200. The number of rotatable bonds is 10. The van der Waals surface area contributed by atoms with Gasteiger partial charge in [-0.05, 0) is 35.4 Å². The molecule has 0 spiro atoms. The van der Waals surface area contributed by atoms with Gasteiger partial charge in [-0.2, -0.15) is 13.2 Å². The zero-order valence-corrected chi connectivity index (χ0v) is 19.9. The molecular weight excluding hydrogens is 485 g/mol. The lowest BCUT2D eigenvalue weighted by atomic mass is 9.82. The fourth-order valence-corrected chi connectivity index (χ4v) is 4.15. The minimum atomic E-state index is -4.58. The number of carbonyl (C=O) groups is 1. The van der Waals surface area contributed by atoms with Crippen LogP contribution in [0.4, 0.5) is 13.2 Å². The Balaban J connectivity index is 1.74. The molecular formula is C28H27F3N2O4. The summed E-state index contributed by atoms with van der Waals surface area (Å²) in [5.74, 6) is -0.149. The molecule has 4 rings (SSSR count). The Morgan fingerprint density at radius 2 is 1.65 bits per heavy atom. The van der Waals surface area contributed by atoms with Crippen molar-refractivity contribution in [1.29, 1.82) is 0 Å². The maximum atomic E-state index is 13.5.